The highest BCUT2D eigenvalue weighted by Gasteiger charge is 2.55. The lowest BCUT2D eigenvalue weighted by Gasteiger charge is -2.19. The fourth-order valence-corrected chi connectivity index (χ4v) is 3.92. The number of aromatic nitrogens is 2. The van der Waals surface area contributed by atoms with Gasteiger partial charge >= 0.3 is 0 Å². The quantitative estimate of drug-likeness (QED) is 0.528. The summed E-state index contributed by atoms with van der Waals surface area (Å²) in [7, 11) is 0. The highest BCUT2D eigenvalue weighted by Crippen LogP contribution is 2.33. The number of amides is 2. The lowest BCUT2D eigenvalue weighted by Crippen LogP contribution is -2.39. The van der Waals surface area contributed by atoms with Gasteiger partial charge in [0.25, 0.3) is 11.8 Å². The van der Waals surface area contributed by atoms with Gasteiger partial charge in [-0.2, -0.15) is 10.1 Å². The number of nitrogens with zero attached hydrogens (tertiary/aromatic N) is 6. The number of halogens is 1. The van der Waals surface area contributed by atoms with Gasteiger partial charge in [0.2, 0.25) is 11.7 Å². The molecule has 0 spiro atoms. The second-order valence-electron chi connectivity index (χ2n) is 7.49. The molecular weight excluding hydrogens is 464 g/mol. The van der Waals surface area contributed by atoms with Gasteiger partial charge in [0.1, 0.15) is 6.54 Å². The van der Waals surface area contributed by atoms with Crippen molar-refractivity contribution in [1.29, 1.82) is 0 Å². The fourth-order valence-electron chi connectivity index (χ4n) is 3.65. The van der Waals surface area contributed by atoms with Crippen molar-refractivity contribution in [2.45, 2.75) is 32.5 Å². The van der Waals surface area contributed by atoms with E-state index >= 15 is 0 Å². The largest absolute Gasteiger partial charge is 0.337 e. The van der Waals surface area contributed by atoms with Crippen LogP contribution in [-0.4, -0.2) is 39.0 Å². The third-order valence-corrected chi connectivity index (χ3v) is 6.00. The number of carbonyl (C=O) groups excluding carboxylic acids is 2. The Balaban J connectivity index is 1.36. The van der Waals surface area contributed by atoms with E-state index in [-0.39, 0.29) is 18.3 Å². The molecule has 1 aromatic heterocycles. The number of anilines is 1. The molecule has 0 unspecified atom stereocenters. The normalized spacial score (nSPS) is 20.1. The molecule has 9 nitrogen and oxygen atoms in total. The first kappa shape index (κ1) is 19.6. The summed E-state index contributed by atoms with van der Waals surface area (Å²) in [5.74, 6) is -0.0348. The molecule has 0 radical (unpaired) electrons. The smallest absolute Gasteiger partial charge is 0.263 e. The van der Waals surface area contributed by atoms with Crippen LogP contribution in [0.25, 0.3) is 11.4 Å². The topological polar surface area (TPSA) is 104 Å². The molecule has 2 aliphatic heterocycles. The minimum atomic E-state index is -0.877. The van der Waals surface area contributed by atoms with Crippen molar-refractivity contribution < 1.29 is 14.1 Å². The van der Waals surface area contributed by atoms with Gasteiger partial charge < -0.3 is 4.52 Å². The summed E-state index contributed by atoms with van der Waals surface area (Å²) < 4.78 is 6.22. The van der Waals surface area contributed by atoms with Crippen LogP contribution < -0.4 is 4.90 Å². The Morgan fingerprint density at radius 3 is 2.55 bits per heavy atom. The molecule has 1 saturated heterocycles. The van der Waals surface area contributed by atoms with E-state index in [4.69, 9.17) is 4.52 Å². The molecule has 0 N–H and O–H groups in total. The van der Waals surface area contributed by atoms with Crippen LogP contribution in [0.2, 0.25) is 0 Å². The summed E-state index contributed by atoms with van der Waals surface area (Å²) >= 11 is 3.35. The van der Waals surface area contributed by atoms with Gasteiger partial charge in [-0.15, -0.1) is 0 Å². The first-order valence-corrected chi connectivity index (χ1v) is 10.4. The van der Waals surface area contributed by atoms with Gasteiger partial charge in [-0.25, -0.2) is 4.90 Å². The Morgan fingerprint density at radius 1 is 1.03 bits per heavy atom. The number of fused-ring (bicyclic) bond motifs is 1. The second kappa shape index (κ2) is 7.38. The van der Waals surface area contributed by atoms with Gasteiger partial charge in [0, 0.05) is 10.0 Å². The molecule has 1 fully saturated rings. The van der Waals surface area contributed by atoms with Crippen molar-refractivity contribution in [2.75, 3.05) is 4.90 Å². The molecule has 31 heavy (non-hydrogen) atoms. The molecule has 0 bridgehead atoms. The lowest BCUT2D eigenvalue weighted by atomic mass is 10.1. The van der Waals surface area contributed by atoms with Gasteiger partial charge in [-0.05, 0) is 55.3 Å². The van der Waals surface area contributed by atoms with Crippen LogP contribution in [0.4, 0.5) is 5.69 Å². The minimum Gasteiger partial charge on any atom is -0.337 e. The van der Waals surface area contributed by atoms with Crippen LogP contribution >= 0.6 is 15.9 Å². The Bertz CT molecular complexity index is 1220. The van der Waals surface area contributed by atoms with Crippen LogP contribution in [-0.2, 0) is 16.1 Å². The molecule has 0 aliphatic carbocycles. The van der Waals surface area contributed by atoms with Gasteiger partial charge in [0.15, 0.2) is 12.1 Å². The Kier molecular flexibility index (Phi) is 4.66. The van der Waals surface area contributed by atoms with Crippen LogP contribution in [0.5, 0.6) is 0 Å². The monoisotopic (exact) mass is 480 g/mol. The molecular formula is C21H17BrN6O3. The molecule has 3 aromatic rings. The standard InChI is InChI=1S/C21H17BrN6O3/c1-11-3-4-13(9-12(11)2)19-23-16(31-25-19)10-27-18-17(24-26-27)20(29)28(21(18)30)15-7-5-14(22)6-8-15/h3-9,17-18H,10H2,1-2H3/t17-,18+/m1/s1. The predicted molar refractivity (Wildman–Crippen MR) is 114 cm³/mol. The van der Waals surface area contributed by atoms with Crippen molar-refractivity contribution in [3.05, 3.63) is 64.0 Å². The van der Waals surface area contributed by atoms with Crippen molar-refractivity contribution in [3.63, 3.8) is 0 Å². The molecule has 10 heteroatoms. The number of aryl methyl sites for hydroxylation is 2. The van der Waals surface area contributed by atoms with E-state index in [0.717, 1.165) is 20.5 Å². The summed E-state index contributed by atoms with van der Waals surface area (Å²) in [6.45, 7) is 4.13. The highest BCUT2D eigenvalue weighted by atomic mass is 79.9. The third kappa shape index (κ3) is 3.32. The Labute approximate surface area is 185 Å². The zero-order valence-corrected chi connectivity index (χ0v) is 18.3. The van der Waals surface area contributed by atoms with Crippen molar-refractivity contribution in [3.8, 4) is 11.4 Å². The van der Waals surface area contributed by atoms with Crippen molar-refractivity contribution >= 4 is 33.4 Å². The van der Waals surface area contributed by atoms with E-state index in [1.165, 1.54) is 10.6 Å². The SMILES string of the molecule is Cc1ccc(-c2noc(CN3N=N[C@H]4C(=O)N(c5ccc(Br)cc5)C(=O)[C@H]43)n2)cc1C. The number of carbonyl (C=O) groups is 2. The molecule has 2 aliphatic rings. The first-order chi connectivity index (χ1) is 14.9. The number of imide groups is 1. The zero-order valence-electron chi connectivity index (χ0n) is 16.7. The maximum atomic E-state index is 13.0. The van der Waals surface area contributed by atoms with E-state index in [1.807, 2.05) is 32.0 Å². The number of rotatable bonds is 4. The molecule has 156 valence electrons. The van der Waals surface area contributed by atoms with Gasteiger partial charge in [-0.3, -0.25) is 14.6 Å². The molecule has 5 rings (SSSR count). The number of benzene rings is 2. The van der Waals surface area contributed by atoms with Crippen molar-refractivity contribution in [2.24, 2.45) is 10.3 Å². The van der Waals surface area contributed by atoms with E-state index in [0.29, 0.717) is 11.5 Å². The Hall–Kier alpha value is -3.40. The van der Waals surface area contributed by atoms with E-state index in [2.05, 4.69) is 36.4 Å². The maximum absolute atomic E-state index is 13.0. The average molecular weight is 481 g/mol. The lowest BCUT2D eigenvalue weighted by molar-refractivity contribution is -0.123. The number of hydrogen-bond acceptors (Lipinski definition) is 8. The van der Waals surface area contributed by atoms with E-state index in [1.54, 1.807) is 24.3 Å². The Morgan fingerprint density at radius 2 is 1.81 bits per heavy atom. The average Bonchev–Trinajstić information content (AvgIpc) is 3.44. The van der Waals surface area contributed by atoms with Crippen LogP contribution in [0.1, 0.15) is 17.0 Å². The summed E-state index contributed by atoms with van der Waals surface area (Å²) in [5.41, 5.74) is 3.64. The molecule has 2 atom stereocenters. The summed E-state index contributed by atoms with van der Waals surface area (Å²) in [4.78, 5) is 31.4. The maximum Gasteiger partial charge on any atom is 0.263 e. The predicted octanol–water partition coefficient (Wildman–Crippen LogP) is 3.61. The third-order valence-electron chi connectivity index (χ3n) is 5.47. The molecule has 0 saturated carbocycles. The zero-order chi connectivity index (χ0) is 21.7. The molecule has 2 amide bonds. The van der Waals surface area contributed by atoms with Crippen molar-refractivity contribution in [1.82, 2.24) is 15.1 Å². The van der Waals surface area contributed by atoms with Gasteiger partial charge in [0.05, 0.1) is 5.69 Å². The highest BCUT2D eigenvalue weighted by molar-refractivity contribution is 9.10. The van der Waals surface area contributed by atoms with E-state index < -0.39 is 18.0 Å². The first-order valence-electron chi connectivity index (χ1n) is 9.63. The fraction of sp³-hybridized carbons (Fsp3) is 0.238. The summed E-state index contributed by atoms with van der Waals surface area (Å²) in [5, 5.41) is 13.5. The molecule has 2 aromatic carbocycles. The van der Waals surface area contributed by atoms with Crippen LogP contribution in [0.3, 0.4) is 0 Å². The summed E-state index contributed by atoms with van der Waals surface area (Å²) in [6.07, 6.45) is 0. The molecule has 3 heterocycles. The van der Waals surface area contributed by atoms with Crippen LogP contribution in [0, 0.1) is 13.8 Å². The summed E-state index contributed by atoms with van der Waals surface area (Å²) in [6, 6.07) is 11.2. The second-order valence-corrected chi connectivity index (χ2v) is 8.41. The van der Waals surface area contributed by atoms with Gasteiger partial charge in [-0.1, -0.05) is 38.4 Å². The number of hydrogen-bond donors (Lipinski definition) is 0. The van der Waals surface area contributed by atoms with E-state index in [9.17, 15) is 9.59 Å². The van der Waals surface area contributed by atoms with Crippen LogP contribution in [0.15, 0.2) is 61.8 Å². The minimum absolute atomic E-state index is 0.0791.